The number of H-pyrrole nitrogens is 1. The van der Waals surface area contributed by atoms with Crippen molar-refractivity contribution in [3.05, 3.63) is 113 Å². The summed E-state index contributed by atoms with van der Waals surface area (Å²) in [5, 5.41) is 16.4. The second-order valence-corrected chi connectivity index (χ2v) is 9.47. The van der Waals surface area contributed by atoms with Crippen molar-refractivity contribution >= 4 is 34.4 Å². The molecule has 6 nitrogen and oxygen atoms in total. The highest BCUT2D eigenvalue weighted by molar-refractivity contribution is 7.08. The molecule has 0 radical (unpaired) electrons. The summed E-state index contributed by atoms with van der Waals surface area (Å²) < 4.78 is 0. The molecular formula is C30H25N3O3S. The molecule has 5 rings (SSSR count). The Morgan fingerprint density at radius 3 is 2.38 bits per heavy atom. The molecular weight excluding hydrogens is 482 g/mol. The number of anilines is 2. The van der Waals surface area contributed by atoms with Gasteiger partial charge >= 0.3 is 0 Å². The molecule has 0 atom stereocenters. The quantitative estimate of drug-likeness (QED) is 0.137. The van der Waals surface area contributed by atoms with Crippen molar-refractivity contribution in [3.63, 3.8) is 0 Å². The number of hydrogen-bond donors (Lipinski definition) is 4. The minimum atomic E-state index is -0.242. The Balaban J connectivity index is 1.29. The Bertz CT molecular complexity index is 1540. The van der Waals surface area contributed by atoms with Gasteiger partial charge in [0, 0.05) is 23.2 Å². The van der Waals surface area contributed by atoms with Gasteiger partial charge in [0.1, 0.15) is 5.75 Å². The van der Waals surface area contributed by atoms with Gasteiger partial charge in [-0.3, -0.25) is 9.59 Å². The standard InChI is InChI=1S/C30H25N3O3S/c31-25-3-1-2-4-26(25)33-30(36)21-8-5-19(6-9-21)7-14-28(35)29-24(22-15-16-37-18-22)17-27(32-29)20-10-12-23(34)13-11-20/h1-6,8-13,15-18,32,34H,7,14,31H2,(H,33,36). The van der Waals surface area contributed by atoms with Gasteiger partial charge < -0.3 is 21.1 Å². The number of ketones is 1. The van der Waals surface area contributed by atoms with Gasteiger partial charge in [0.15, 0.2) is 5.78 Å². The Morgan fingerprint density at radius 2 is 1.68 bits per heavy atom. The zero-order valence-electron chi connectivity index (χ0n) is 19.9. The Morgan fingerprint density at radius 1 is 0.919 bits per heavy atom. The number of thiophene rings is 1. The van der Waals surface area contributed by atoms with Crippen LogP contribution < -0.4 is 11.1 Å². The van der Waals surface area contributed by atoms with E-state index >= 15 is 0 Å². The second kappa shape index (κ2) is 10.6. The highest BCUT2D eigenvalue weighted by atomic mass is 32.1. The molecule has 0 bridgehead atoms. The van der Waals surface area contributed by atoms with Gasteiger partial charge in [-0.1, -0.05) is 24.3 Å². The molecule has 0 saturated carbocycles. The molecule has 3 aromatic carbocycles. The predicted molar refractivity (Wildman–Crippen MR) is 149 cm³/mol. The van der Waals surface area contributed by atoms with Gasteiger partial charge in [-0.25, -0.2) is 0 Å². The molecule has 7 heteroatoms. The van der Waals surface area contributed by atoms with Crippen LogP contribution in [0.1, 0.15) is 32.8 Å². The molecule has 2 aromatic heterocycles. The van der Waals surface area contributed by atoms with Gasteiger partial charge in [0.2, 0.25) is 0 Å². The number of carbonyl (C=O) groups excluding carboxylic acids is 2. The Hall–Kier alpha value is -4.62. The summed E-state index contributed by atoms with van der Waals surface area (Å²) in [6, 6.07) is 25.2. The number of hydrogen-bond acceptors (Lipinski definition) is 5. The monoisotopic (exact) mass is 507 g/mol. The minimum absolute atomic E-state index is 0.00704. The smallest absolute Gasteiger partial charge is 0.255 e. The van der Waals surface area contributed by atoms with Crippen molar-refractivity contribution in [2.75, 3.05) is 11.1 Å². The highest BCUT2D eigenvalue weighted by Gasteiger charge is 2.18. The van der Waals surface area contributed by atoms with Gasteiger partial charge in [-0.15, -0.1) is 0 Å². The lowest BCUT2D eigenvalue weighted by atomic mass is 10.0. The Labute approximate surface area is 218 Å². The molecule has 184 valence electrons. The van der Waals surface area contributed by atoms with Crippen LogP contribution in [0.3, 0.4) is 0 Å². The summed E-state index contributed by atoms with van der Waals surface area (Å²) in [6.07, 6.45) is 0.863. The fourth-order valence-electron chi connectivity index (χ4n) is 4.13. The van der Waals surface area contributed by atoms with Gasteiger partial charge in [-0.05, 0) is 94.5 Å². The lowest BCUT2D eigenvalue weighted by molar-refractivity contribution is 0.0977. The van der Waals surface area contributed by atoms with Crippen molar-refractivity contribution in [3.8, 4) is 28.1 Å². The third-order valence-electron chi connectivity index (χ3n) is 6.17. The first kappa shape index (κ1) is 24.1. The number of benzene rings is 3. The topological polar surface area (TPSA) is 108 Å². The first-order valence-electron chi connectivity index (χ1n) is 11.8. The van der Waals surface area contributed by atoms with Crippen LogP contribution in [0.2, 0.25) is 0 Å². The largest absolute Gasteiger partial charge is 0.508 e. The number of para-hydroxylation sites is 2. The zero-order chi connectivity index (χ0) is 25.8. The van der Waals surface area contributed by atoms with Crippen LogP contribution >= 0.6 is 11.3 Å². The number of nitrogens with one attached hydrogen (secondary N) is 2. The summed E-state index contributed by atoms with van der Waals surface area (Å²) >= 11 is 1.58. The molecule has 0 spiro atoms. The van der Waals surface area contributed by atoms with Gasteiger partial charge in [0.05, 0.1) is 17.1 Å². The fraction of sp³-hybridized carbons (Fsp3) is 0.0667. The van der Waals surface area contributed by atoms with Crippen molar-refractivity contribution in [2.45, 2.75) is 12.8 Å². The zero-order valence-corrected chi connectivity index (χ0v) is 20.7. The van der Waals surface area contributed by atoms with E-state index in [9.17, 15) is 14.7 Å². The number of aromatic hydroxyl groups is 1. The lowest BCUT2D eigenvalue weighted by Gasteiger charge is -2.08. The van der Waals surface area contributed by atoms with E-state index in [0.29, 0.717) is 35.5 Å². The number of carbonyl (C=O) groups is 2. The van der Waals surface area contributed by atoms with E-state index in [1.165, 1.54) is 0 Å². The first-order chi connectivity index (χ1) is 18.0. The number of aromatic amines is 1. The summed E-state index contributed by atoms with van der Waals surface area (Å²) in [7, 11) is 0. The maximum Gasteiger partial charge on any atom is 0.255 e. The number of phenolic OH excluding ortho intramolecular Hbond substituents is 1. The van der Waals surface area contributed by atoms with Crippen molar-refractivity contribution in [1.29, 1.82) is 0 Å². The molecule has 0 saturated heterocycles. The van der Waals surface area contributed by atoms with E-state index in [2.05, 4.69) is 10.3 Å². The number of aromatic nitrogens is 1. The summed E-state index contributed by atoms with van der Waals surface area (Å²) in [5.41, 5.74) is 12.6. The molecule has 2 heterocycles. The number of amides is 1. The maximum atomic E-state index is 13.3. The second-order valence-electron chi connectivity index (χ2n) is 8.69. The summed E-state index contributed by atoms with van der Waals surface area (Å²) in [6.45, 7) is 0. The SMILES string of the molecule is Nc1ccccc1NC(=O)c1ccc(CCC(=O)c2[nH]c(-c3ccc(O)cc3)cc2-c2ccsc2)cc1. The molecule has 5 N–H and O–H groups in total. The normalized spacial score (nSPS) is 10.8. The molecule has 1 amide bonds. The summed E-state index contributed by atoms with van der Waals surface area (Å²) in [5.74, 6) is -0.0426. The lowest BCUT2D eigenvalue weighted by Crippen LogP contribution is -2.13. The maximum absolute atomic E-state index is 13.3. The van der Waals surface area contributed by atoms with Crippen molar-refractivity contribution in [1.82, 2.24) is 4.98 Å². The number of rotatable bonds is 8. The number of nitrogens with two attached hydrogens (primary N) is 1. The van der Waals surface area contributed by atoms with Crippen LogP contribution in [-0.4, -0.2) is 21.8 Å². The minimum Gasteiger partial charge on any atom is -0.508 e. The van der Waals surface area contributed by atoms with Crippen molar-refractivity contribution < 1.29 is 14.7 Å². The number of phenols is 1. The average Bonchev–Trinajstić information content (AvgIpc) is 3.60. The van der Waals surface area contributed by atoms with Gasteiger partial charge in [0.25, 0.3) is 5.91 Å². The van der Waals surface area contributed by atoms with E-state index in [4.69, 9.17) is 5.73 Å². The van der Waals surface area contributed by atoms with E-state index < -0.39 is 0 Å². The van der Waals surface area contributed by atoms with Crippen LogP contribution in [0, 0.1) is 0 Å². The highest BCUT2D eigenvalue weighted by Crippen LogP contribution is 2.32. The molecule has 0 aliphatic carbocycles. The molecule has 0 fully saturated rings. The van der Waals surface area contributed by atoms with Crippen LogP contribution in [0.25, 0.3) is 22.4 Å². The number of Topliss-reactive ketones (excluding diaryl/α,β-unsaturated/α-hetero) is 1. The van der Waals surface area contributed by atoms with Crippen LogP contribution in [0.15, 0.2) is 95.7 Å². The third kappa shape index (κ3) is 5.47. The molecule has 0 aliphatic rings. The van der Waals surface area contributed by atoms with E-state index in [1.807, 2.05) is 59.3 Å². The number of nitrogen functional groups attached to an aromatic ring is 1. The van der Waals surface area contributed by atoms with Crippen LogP contribution in [0.5, 0.6) is 5.75 Å². The predicted octanol–water partition coefficient (Wildman–Crippen LogP) is 6.77. The van der Waals surface area contributed by atoms with Gasteiger partial charge in [-0.2, -0.15) is 11.3 Å². The van der Waals surface area contributed by atoms with E-state index in [-0.39, 0.29) is 17.4 Å². The molecule has 0 aliphatic heterocycles. The fourth-order valence-corrected chi connectivity index (χ4v) is 4.78. The number of aryl methyl sites for hydroxylation is 1. The third-order valence-corrected chi connectivity index (χ3v) is 6.86. The molecule has 5 aromatic rings. The first-order valence-corrected chi connectivity index (χ1v) is 12.7. The summed E-state index contributed by atoms with van der Waals surface area (Å²) in [4.78, 5) is 29.2. The average molecular weight is 508 g/mol. The van der Waals surface area contributed by atoms with Crippen LogP contribution in [-0.2, 0) is 6.42 Å². The Kier molecular flexibility index (Phi) is 6.87. The van der Waals surface area contributed by atoms with E-state index in [1.54, 1.807) is 47.7 Å². The molecule has 37 heavy (non-hydrogen) atoms. The molecule has 0 unspecified atom stereocenters. The van der Waals surface area contributed by atoms with Crippen molar-refractivity contribution in [2.24, 2.45) is 0 Å². The van der Waals surface area contributed by atoms with Crippen LogP contribution in [0.4, 0.5) is 11.4 Å². The van der Waals surface area contributed by atoms with E-state index in [0.717, 1.165) is 27.9 Å².